The number of halogens is 1. The van der Waals surface area contributed by atoms with Gasteiger partial charge in [0.1, 0.15) is 5.75 Å². The Hall–Kier alpha value is -3.75. The van der Waals surface area contributed by atoms with Gasteiger partial charge in [-0.1, -0.05) is 41.9 Å². The van der Waals surface area contributed by atoms with E-state index in [0.29, 0.717) is 39.9 Å². The van der Waals surface area contributed by atoms with Gasteiger partial charge in [-0.2, -0.15) is 4.98 Å². The van der Waals surface area contributed by atoms with Crippen molar-refractivity contribution >= 4 is 34.2 Å². The first kappa shape index (κ1) is 24.0. The topological polar surface area (TPSA) is 102 Å². The van der Waals surface area contributed by atoms with Crippen LogP contribution in [0.1, 0.15) is 38.4 Å². The highest BCUT2D eigenvalue weighted by Gasteiger charge is 2.23. The zero-order chi connectivity index (χ0) is 25.3. The molecule has 9 heteroatoms. The molecule has 4 heterocycles. The molecule has 1 aliphatic rings. The maximum absolute atomic E-state index is 11.4. The first-order chi connectivity index (χ1) is 17.3. The molecule has 0 saturated carbocycles. The number of H-pyrrole nitrogens is 1. The number of imidazole rings is 1. The standard InChI is InChI=1S/C27H26ClN5O3/c1-16(34)33-27(2,3)23-9-8-20(15-29-23)36-26-30-22-14-21(28)24(31-25(22)32-26)19-6-4-17(5-7-19)18-10-12-35-13-11-18/h4-10,14-15H,11-13H2,1-3H3,(H,33,34)(H,30,31,32). The summed E-state index contributed by atoms with van der Waals surface area (Å²) in [5.41, 5.74) is 5.31. The lowest BCUT2D eigenvalue weighted by molar-refractivity contribution is -0.120. The summed E-state index contributed by atoms with van der Waals surface area (Å²) in [5, 5.41) is 3.39. The Morgan fingerprint density at radius 1 is 1.14 bits per heavy atom. The lowest BCUT2D eigenvalue weighted by atomic mass is 9.99. The predicted octanol–water partition coefficient (Wildman–Crippen LogP) is 5.64. The number of fused-ring (bicyclic) bond motifs is 1. The van der Waals surface area contributed by atoms with E-state index in [4.69, 9.17) is 21.1 Å². The van der Waals surface area contributed by atoms with Crippen molar-refractivity contribution in [1.82, 2.24) is 25.3 Å². The lowest BCUT2D eigenvalue weighted by Crippen LogP contribution is -2.40. The van der Waals surface area contributed by atoms with Crippen molar-refractivity contribution < 1.29 is 14.3 Å². The molecule has 0 saturated heterocycles. The van der Waals surface area contributed by atoms with Gasteiger partial charge in [-0.25, -0.2) is 4.98 Å². The summed E-state index contributed by atoms with van der Waals surface area (Å²) < 4.78 is 11.3. The minimum absolute atomic E-state index is 0.123. The first-order valence-electron chi connectivity index (χ1n) is 11.7. The molecule has 0 bridgehead atoms. The molecule has 1 aliphatic heterocycles. The Morgan fingerprint density at radius 2 is 1.92 bits per heavy atom. The highest BCUT2D eigenvalue weighted by Crippen LogP contribution is 2.32. The van der Waals surface area contributed by atoms with E-state index < -0.39 is 5.54 Å². The van der Waals surface area contributed by atoms with Crippen molar-refractivity contribution in [2.45, 2.75) is 32.7 Å². The van der Waals surface area contributed by atoms with E-state index in [0.717, 1.165) is 18.6 Å². The van der Waals surface area contributed by atoms with E-state index >= 15 is 0 Å². The Morgan fingerprint density at radius 3 is 2.58 bits per heavy atom. The number of carbonyl (C=O) groups is 1. The van der Waals surface area contributed by atoms with Crippen LogP contribution in [0.5, 0.6) is 11.8 Å². The summed E-state index contributed by atoms with van der Waals surface area (Å²) in [6.45, 7) is 6.65. The number of nitrogens with zero attached hydrogens (tertiary/aromatic N) is 3. The van der Waals surface area contributed by atoms with Crippen LogP contribution in [0.15, 0.2) is 54.7 Å². The average molecular weight is 504 g/mol. The monoisotopic (exact) mass is 503 g/mol. The first-order valence-corrected chi connectivity index (χ1v) is 12.0. The van der Waals surface area contributed by atoms with Crippen molar-refractivity contribution in [2.75, 3.05) is 13.2 Å². The molecule has 0 unspecified atom stereocenters. The van der Waals surface area contributed by atoms with Crippen LogP contribution >= 0.6 is 11.6 Å². The molecule has 36 heavy (non-hydrogen) atoms. The molecule has 0 aliphatic carbocycles. The SMILES string of the molecule is CC(=O)NC(C)(C)c1ccc(Oc2nc3nc(-c4ccc(C5=CCOCC5)cc4)c(Cl)cc3[nH]2)cn1. The van der Waals surface area contributed by atoms with Crippen molar-refractivity contribution in [3.63, 3.8) is 0 Å². The molecule has 4 aromatic rings. The molecular weight excluding hydrogens is 478 g/mol. The number of hydrogen-bond donors (Lipinski definition) is 2. The van der Waals surface area contributed by atoms with E-state index in [2.05, 4.69) is 43.5 Å². The zero-order valence-corrected chi connectivity index (χ0v) is 21.0. The molecule has 1 amide bonds. The highest BCUT2D eigenvalue weighted by atomic mass is 35.5. The van der Waals surface area contributed by atoms with Gasteiger partial charge in [-0.3, -0.25) is 9.78 Å². The number of hydrogen-bond acceptors (Lipinski definition) is 6. The minimum atomic E-state index is -0.596. The van der Waals surface area contributed by atoms with Gasteiger partial charge in [0.2, 0.25) is 5.91 Å². The van der Waals surface area contributed by atoms with Crippen LogP contribution in [0, 0.1) is 0 Å². The molecule has 1 aromatic carbocycles. The lowest BCUT2D eigenvalue weighted by Gasteiger charge is -2.24. The third-order valence-electron chi connectivity index (χ3n) is 5.98. The van der Waals surface area contributed by atoms with Crippen LogP contribution in [0.25, 0.3) is 28.0 Å². The summed E-state index contributed by atoms with van der Waals surface area (Å²) in [4.78, 5) is 28.1. The smallest absolute Gasteiger partial charge is 0.301 e. The van der Waals surface area contributed by atoms with Crippen molar-refractivity contribution in [3.05, 3.63) is 71.0 Å². The summed E-state index contributed by atoms with van der Waals surface area (Å²) in [6, 6.07) is 13.9. The Balaban J connectivity index is 1.35. The van der Waals surface area contributed by atoms with E-state index in [9.17, 15) is 4.79 Å². The van der Waals surface area contributed by atoms with E-state index in [1.165, 1.54) is 18.1 Å². The quantitative estimate of drug-likeness (QED) is 0.353. The molecule has 2 N–H and O–H groups in total. The summed E-state index contributed by atoms with van der Waals surface area (Å²) in [5.74, 6) is 0.378. The number of amides is 1. The van der Waals surface area contributed by atoms with Gasteiger partial charge in [0.25, 0.3) is 0 Å². The molecule has 8 nitrogen and oxygen atoms in total. The third kappa shape index (κ3) is 5.10. The molecule has 184 valence electrons. The van der Waals surface area contributed by atoms with E-state index in [1.807, 2.05) is 26.0 Å². The second-order valence-electron chi connectivity index (χ2n) is 9.15. The Bertz CT molecular complexity index is 1440. The van der Waals surface area contributed by atoms with Gasteiger partial charge in [0, 0.05) is 12.5 Å². The minimum Gasteiger partial charge on any atom is -0.424 e. The molecule has 0 fully saturated rings. The number of nitrogens with one attached hydrogen (secondary N) is 2. The summed E-state index contributed by atoms with van der Waals surface area (Å²) in [6.07, 6.45) is 4.62. The normalized spacial score (nSPS) is 13.9. The molecule has 0 radical (unpaired) electrons. The van der Waals surface area contributed by atoms with E-state index in [1.54, 1.807) is 24.4 Å². The maximum Gasteiger partial charge on any atom is 0.301 e. The molecule has 0 atom stereocenters. The van der Waals surface area contributed by atoms with Crippen molar-refractivity contribution in [2.24, 2.45) is 0 Å². The van der Waals surface area contributed by atoms with Crippen LogP contribution in [0.3, 0.4) is 0 Å². The average Bonchev–Trinajstić information content (AvgIpc) is 3.24. The number of rotatable bonds is 6. The number of aromatic amines is 1. The molecule has 5 rings (SSSR count). The van der Waals surface area contributed by atoms with Crippen LogP contribution in [-0.2, 0) is 15.1 Å². The summed E-state index contributed by atoms with van der Waals surface area (Å²) >= 11 is 6.57. The van der Waals surface area contributed by atoms with Gasteiger partial charge >= 0.3 is 6.01 Å². The summed E-state index contributed by atoms with van der Waals surface area (Å²) in [7, 11) is 0. The Labute approximate surface area is 213 Å². The van der Waals surface area contributed by atoms with E-state index in [-0.39, 0.29) is 11.9 Å². The van der Waals surface area contributed by atoms with Crippen molar-refractivity contribution in [1.29, 1.82) is 0 Å². The number of aromatic nitrogens is 4. The zero-order valence-electron chi connectivity index (χ0n) is 20.3. The number of benzene rings is 1. The molecule has 3 aromatic heterocycles. The van der Waals surface area contributed by atoms with Gasteiger partial charge in [0.05, 0.1) is 46.9 Å². The molecular formula is C27H26ClN5O3. The maximum atomic E-state index is 11.4. The van der Waals surface area contributed by atoms with Crippen LogP contribution in [0.2, 0.25) is 5.02 Å². The number of ether oxygens (including phenoxy) is 2. The third-order valence-corrected chi connectivity index (χ3v) is 6.27. The van der Waals surface area contributed by atoms with Crippen molar-refractivity contribution in [3.8, 4) is 23.0 Å². The van der Waals surface area contributed by atoms with Gasteiger partial charge in [-0.05, 0) is 49.6 Å². The second-order valence-corrected chi connectivity index (χ2v) is 9.56. The van der Waals surface area contributed by atoms with Crippen LogP contribution < -0.4 is 10.1 Å². The van der Waals surface area contributed by atoms with Gasteiger partial charge in [-0.15, -0.1) is 0 Å². The largest absolute Gasteiger partial charge is 0.424 e. The number of pyridine rings is 2. The fourth-order valence-corrected chi connectivity index (χ4v) is 4.46. The van der Waals surface area contributed by atoms with Crippen LogP contribution in [-0.4, -0.2) is 39.1 Å². The fraction of sp³-hybridized carbons (Fsp3) is 0.259. The molecule has 0 spiro atoms. The Kier molecular flexibility index (Phi) is 6.47. The number of carbonyl (C=O) groups excluding carboxylic acids is 1. The second kappa shape index (κ2) is 9.72. The van der Waals surface area contributed by atoms with Crippen LogP contribution in [0.4, 0.5) is 0 Å². The highest BCUT2D eigenvalue weighted by molar-refractivity contribution is 6.33. The van der Waals surface area contributed by atoms with Gasteiger partial charge in [0.15, 0.2) is 5.65 Å². The fourth-order valence-electron chi connectivity index (χ4n) is 4.20. The van der Waals surface area contributed by atoms with Gasteiger partial charge < -0.3 is 19.8 Å². The predicted molar refractivity (Wildman–Crippen MR) is 139 cm³/mol.